The fourth-order valence-corrected chi connectivity index (χ4v) is 3.69. The van der Waals surface area contributed by atoms with Crippen LogP contribution in [0, 0.1) is 11.8 Å². The van der Waals surface area contributed by atoms with Gasteiger partial charge in [-0.15, -0.1) is 0 Å². The molecule has 1 aliphatic carbocycles. The predicted molar refractivity (Wildman–Crippen MR) is 86.0 cm³/mol. The molecule has 0 aromatic heterocycles. The average molecular weight is 318 g/mol. The molecule has 0 aliphatic heterocycles. The van der Waals surface area contributed by atoms with Gasteiger partial charge in [0.2, 0.25) is 0 Å². The summed E-state index contributed by atoms with van der Waals surface area (Å²) in [5.74, 6) is 1.16. The highest BCUT2D eigenvalue weighted by atomic mass is 32.2. The third kappa shape index (κ3) is 5.49. The van der Waals surface area contributed by atoms with Crippen LogP contribution in [0.1, 0.15) is 53.9 Å². The summed E-state index contributed by atoms with van der Waals surface area (Å²) in [6, 6.07) is -0.0639. The summed E-state index contributed by atoms with van der Waals surface area (Å²) in [6.45, 7) is 9.57. The van der Waals surface area contributed by atoms with Gasteiger partial charge in [-0.2, -0.15) is 0 Å². The monoisotopic (exact) mass is 318 g/mol. The number of carbonyl (C=O) groups excluding carboxylic acids is 1. The lowest BCUT2D eigenvalue weighted by molar-refractivity contribution is 0.207. The van der Waals surface area contributed by atoms with Gasteiger partial charge in [0.15, 0.2) is 9.84 Å². The Labute approximate surface area is 129 Å². The molecule has 5 nitrogen and oxygen atoms in total. The van der Waals surface area contributed by atoms with Crippen molar-refractivity contribution in [3.8, 4) is 0 Å². The SMILES string of the molecule is CC1CCC(NC(=O)NCCS(=O)(=O)C(C)(C)C)C(C)C1. The molecular weight excluding hydrogens is 288 g/mol. The lowest BCUT2D eigenvalue weighted by atomic mass is 9.80. The maximum atomic E-state index is 11.9. The van der Waals surface area contributed by atoms with Crippen LogP contribution in [0.4, 0.5) is 4.79 Å². The molecule has 0 heterocycles. The van der Waals surface area contributed by atoms with E-state index in [0.717, 1.165) is 25.2 Å². The van der Waals surface area contributed by atoms with E-state index in [4.69, 9.17) is 0 Å². The smallest absolute Gasteiger partial charge is 0.315 e. The van der Waals surface area contributed by atoms with Crippen LogP contribution < -0.4 is 10.6 Å². The second kappa shape index (κ2) is 6.99. The number of sulfone groups is 1. The Hall–Kier alpha value is -0.780. The summed E-state index contributed by atoms with van der Waals surface area (Å²) in [5.41, 5.74) is 0. The zero-order chi connectivity index (χ0) is 16.3. The van der Waals surface area contributed by atoms with Crippen molar-refractivity contribution in [2.24, 2.45) is 11.8 Å². The van der Waals surface area contributed by atoms with E-state index >= 15 is 0 Å². The van der Waals surface area contributed by atoms with Crippen molar-refractivity contribution in [1.82, 2.24) is 10.6 Å². The van der Waals surface area contributed by atoms with Gasteiger partial charge in [-0.25, -0.2) is 13.2 Å². The lowest BCUT2D eigenvalue weighted by Gasteiger charge is -2.33. The molecule has 2 amide bonds. The summed E-state index contributed by atoms with van der Waals surface area (Å²) in [4.78, 5) is 11.9. The molecule has 0 radical (unpaired) electrons. The van der Waals surface area contributed by atoms with Crippen molar-refractivity contribution in [3.05, 3.63) is 0 Å². The van der Waals surface area contributed by atoms with Crippen LogP contribution >= 0.6 is 0 Å². The summed E-state index contributed by atoms with van der Waals surface area (Å²) in [6.07, 6.45) is 3.26. The van der Waals surface area contributed by atoms with Crippen molar-refractivity contribution in [2.45, 2.75) is 64.7 Å². The molecule has 3 unspecified atom stereocenters. The number of nitrogens with one attached hydrogen (secondary N) is 2. The van der Waals surface area contributed by atoms with Crippen molar-refractivity contribution in [1.29, 1.82) is 0 Å². The van der Waals surface area contributed by atoms with Crippen molar-refractivity contribution >= 4 is 15.9 Å². The standard InChI is InChI=1S/C15H30N2O3S/c1-11-6-7-13(12(2)10-11)17-14(18)16-8-9-21(19,20)15(3,4)5/h11-13H,6-10H2,1-5H3,(H2,16,17,18). The first-order chi connectivity index (χ1) is 9.53. The Kier molecular flexibility index (Phi) is 6.08. The second-order valence-electron chi connectivity index (χ2n) is 7.33. The molecule has 0 saturated heterocycles. The lowest BCUT2D eigenvalue weighted by Crippen LogP contribution is -2.48. The molecule has 0 aromatic rings. The van der Waals surface area contributed by atoms with Gasteiger partial charge < -0.3 is 10.6 Å². The zero-order valence-electron chi connectivity index (χ0n) is 13.9. The first kappa shape index (κ1) is 18.3. The molecule has 21 heavy (non-hydrogen) atoms. The Morgan fingerprint density at radius 1 is 1.19 bits per heavy atom. The molecule has 1 saturated carbocycles. The molecule has 1 rings (SSSR count). The molecule has 1 fully saturated rings. The number of amides is 2. The van der Waals surface area contributed by atoms with E-state index in [-0.39, 0.29) is 24.4 Å². The Balaban J connectivity index is 2.35. The number of carbonyl (C=O) groups is 1. The highest BCUT2D eigenvalue weighted by Crippen LogP contribution is 2.28. The Bertz CT molecular complexity index is 454. The maximum absolute atomic E-state index is 11.9. The van der Waals surface area contributed by atoms with Crippen molar-refractivity contribution in [3.63, 3.8) is 0 Å². The van der Waals surface area contributed by atoms with E-state index in [9.17, 15) is 13.2 Å². The van der Waals surface area contributed by atoms with Crippen LogP contribution in [-0.4, -0.2) is 37.5 Å². The molecule has 2 N–H and O–H groups in total. The molecule has 0 spiro atoms. The largest absolute Gasteiger partial charge is 0.337 e. The fourth-order valence-electron chi connectivity index (χ4n) is 2.70. The number of urea groups is 1. The van der Waals surface area contributed by atoms with Crippen LogP contribution in [-0.2, 0) is 9.84 Å². The Morgan fingerprint density at radius 3 is 2.33 bits per heavy atom. The van der Waals surface area contributed by atoms with Gasteiger partial charge >= 0.3 is 6.03 Å². The van der Waals surface area contributed by atoms with Gasteiger partial charge in [-0.1, -0.05) is 13.8 Å². The van der Waals surface area contributed by atoms with Crippen LogP contribution in [0.5, 0.6) is 0 Å². The van der Waals surface area contributed by atoms with Gasteiger partial charge in [0.05, 0.1) is 10.5 Å². The molecule has 0 aromatic carbocycles. The fraction of sp³-hybridized carbons (Fsp3) is 0.933. The van der Waals surface area contributed by atoms with E-state index in [1.807, 2.05) is 0 Å². The van der Waals surface area contributed by atoms with Gasteiger partial charge in [0, 0.05) is 12.6 Å². The summed E-state index contributed by atoms with van der Waals surface area (Å²) < 4.78 is 23.1. The topological polar surface area (TPSA) is 75.3 Å². The van der Waals surface area contributed by atoms with E-state index in [2.05, 4.69) is 24.5 Å². The number of hydrogen-bond acceptors (Lipinski definition) is 3. The average Bonchev–Trinajstić information content (AvgIpc) is 2.31. The normalized spacial score (nSPS) is 27.2. The molecule has 3 atom stereocenters. The van der Waals surface area contributed by atoms with Crippen LogP contribution in [0.3, 0.4) is 0 Å². The molecule has 124 valence electrons. The summed E-state index contributed by atoms with van der Waals surface area (Å²) in [7, 11) is -3.19. The highest BCUT2D eigenvalue weighted by Gasteiger charge is 2.29. The minimum Gasteiger partial charge on any atom is -0.337 e. The predicted octanol–water partition coefficient (Wildman–Crippen LogP) is 2.32. The van der Waals surface area contributed by atoms with E-state index in [0.29, 0.717) is 5.92 Å². The van der Waals surface area contributed by atoms with Gasteiger partial charge in [-0.3, -0.25) is 0 Å². The third-order valence-corrected chi connectivity index (χ3v) is 6.94. The number of hydrogen-bond donors (Lipinski definition) is 2. The van der Waals surface area contributed by atoms with Crippen LogP contribution in [0.25, 0.3) is 0 Å². The minimum absolute atomic E-state index is 0.0266. The summed E-state index contributed by atoms with van der Waals surface area (Å²) in [5, 5.41) is 5.63. The second-order valence-corrected chi connectivity index (χ2v) is 10.2. The third-order valence-electron chi connectivity index (χ3n) is 4.34. The van der Waals surface area contributed by atoms with Crippen molar-refractivity contribution < 1.29 is 13.2 Å². The Morgan fingerprint density at radius 2 is 1.81 bits per heavy atom. The maximum Gasteiger partial charge on any atom is 0.315 e. The van der Waals surface area contributed by atoms with E-state index in [1.54, 1.807) is 20.8 Å². The first-order valence-corrected chi connectivity index (χ1v) is 9.45. The van der Waals surface area contributed by atoms with Gasteiger partial charge in [0.1, 0.15) is 0 Å². The highest BCUT2D eigenvalue weighted by molar-refractivity contribution is 7.92. The van der Waals surface area contributed by atoms with Crippen molar-refractivity contribution in [2.75, 3.05) is 12.3 Å². The van der Waals surface area contributed by atoms with Gasteiger partial charge in [0.25, 0.3) is 0 Å². The van der Waals surface area contributed by atoms with E-state index in [1.165, 1.54) is 0 Å². The van der Waals surface area contributed by atoms with E-state index < -0.39 is 14.6 Å². The molecular formula is C15H30N2O3S. The summed E-state index contributed by atoms with van der Waals surface area (Å²) >= 11 is 0. The molecule has 0 bridgehead atoms. The van der Waals surface area contributed by atoms with Crippen LogP contribution in [0.15, 0.2) is 0 Å². The van der Waals surface area contributed by atoms with Gasteiger partial charge in [-0.05, 0) is 51.9 Å². The zero-order valence-corrected chi connectivity index (χ0v) is 14.7. The number of rotatable bonds is 4. The molecule has 6 heteroatoms. The first-order valence-electron chi connectivity index (χ1n) is 7.79. The molecule has 1 aliphatic rings. The van der Waals surface area contributed by atoms with Crippen LogP contribution in [0.2, 0.25) is 0 Å². The quantitative estimate of drug-likeness (QED) is 0.835. The minimum atomic E-state index is -3.19.